The van der Waals surface area contributed by atoms with Crippen molar-refractivity contribution in [1.82, 2.24) is 20.1 Å². The Morgan fingerprint density at radius 1 is 1.21 bits per heavy atom. The van der Waals surface area contributed by atoms with E-state index in [-0.39, 0.29) is 30.0 Å². The van der Waals surface area contributed by atoms with Gasteiger partial charge in [-0.2, -0.15) is 0 Å². The molecule has 0 aromatic carbocycles. The van der Waals surface area contributed by atoms with Gasteiger partial charge in [-0.25, -0.2) is 0 Å². The van der Waals surface area contributed by atoms with E-state index < -0.39 is 0 Å². The number of aryl methyl sites for hydroxylation is 1. The molecule has 1 aliphatic heterocycles. The smallest absolute Gasteiger partial charge is 0.255 e. The van der Waals surface area contributed by atoms with Gasteiger partial charge < -0.3 is 20.1 Å². The Kier molecular flexibility index (Phi) is 7.80. The molecule has 0 aliphatic carbocycles. The first-order chi connectivity index (χ1) is 13.2. The van der Waals surface area contributed by atoms with Crippen molar-refractivity contribution in [3.8, 4) is 0 Å². The Morgan fingerprint density at radius 3 is 2.43 bits per heavy atom. The van der Waals surface area contributed by atoms with Crippen LogP contribution in [0.2, 0.25) is 0 Å². The van der Waals surface area contributed by atoms with Crippen molar-refractivity contribution in [3.05, 3.63) is 33.2 Å². The Morgan fingerprint density at radius 2 is 1.86 bits per heavy atom. The van der Waals surface area contributed by atoms with Crippen molar-refractivity contribution in [2.75, 3.05) is 26.7 Å². The maximum atomic E-state index is 13.2. The summed E-state index contributed by atoms with van der Waals surface area (Å²) in [6, 6.07) is 1.46. The van der Waals surface area contributed by atoms with Crippen molar-refractivity contribution in [3.63, 3.8) is 0 Å². The van der Waals surface area contributed by atoms with Gasteiger partial charge in [0.25, 0.3) is 11.5 Å². The van der Waals surface area contributed by atoms with Crippen molar-refractivity contribution in [1.29, 1.82) is 0 Å². The zero-order chi connectivity index (χ0) is 20.8. The van der Waals surface area contributed by atoms with Gasteiger partial charge in [-0.05, 0) is 72.0 Å². The second-order valence-corrected chi connectivity index (χ2v) is 8.06. The molecule has 2 heterocycles. The summed E-state index contributed by atoms with van der Waals surface area (Å²) < 4.78 is 1.40. The Balaban J connectivity index is 2.19. The second kappa shape index (κ2) is 9.87. The highest BCUT2D eigenvalue weighted by Gasteiger charge is 2.27. The van der Waals surface area contributed by atoms with Crippen LogP contribution in [0, 0.1) is 19.8 Å². The number of hydrogen-bond acceptors (Lipinski definition) is 4. The van der Waals surface area contributed by atoms with Gasteiger partial charge in [0, 0.05) is 30.9 Å². The minimum atomic E-state index is -0.253. The van der Waals surface area contributed by atoms with E-state index in [1.165, 1.54) is 10.6 Å². The molecule has 0 spiro atoms. The summed E-state index contributed by atoms with van der Waals surface area (Å²) in [5.41, 5.74) is 1.53. The first-order valence-electron chi connectivity index (χ1n) is 10.2. The molecule has 1 aliphatic rings. The Labute approximate surface area is 167 Å². The van der Waals surface area contributed by atoms with Gasteiger partial charge in [0.15, 0.2) is 0 Å². The molecule has 0 bridgehead atoms. The molecule has 1 saturated heterocycles. The maximum Gasteiger partial charge on any atom is 0.255 e. The summed E-state index contributed by atoms with van der Waals surface area (Å²) in [6.07, 6.45) is 3.14. The minimum Gasteiger partial charge on any atom is -0.352 e. The molecule has 2 rings (SSSR count). The highest BCUT2D eigenvalue weighted by atomic mass is 16.2. The van der Waals surface area contributed by atoms with Crippen LogP contribution in [-0.2, 0) is 11.3 Å². The number of carbonyl (C=O) groups is 2. The van der Waals surface area contributed by atoms with Gasteiger partial charge >= 0.3 is 0 Å². The van der Waals surface area contributed by atoms with Crippen LogP contribution in [0.5, 0.6) is 0 Å². The number of rotatable bonds is 7. The Hall–Kier alpha value is -2.15. The van der Waals surface area contributed by atoms with Crippen LogP contribution in [0.4, 0.5) is 0 Å². The monoisotopic (exact) mass is 390 g/mol. The van der Waals surface area contributed by atoms with E-state index in [9.17, 15) is 14.4 Å². The molecule has 28 heavy (non-hydrogen) atoms. The quantitative estimate of drug-likeness (QED) is 0.738. The van der Waals surface area contributed by atoms with Gasteiger partial charge in [-0.3, -0.25) is 14.4 Å². The lowest BCUT2D eigenvalue weighted by molar-refractivity contribution is -0.122. The third kappa shape index (κ3) is 5.44. The van der Waals surface area contributed by atoms with Crippen LogP contribution in [0.25, 0.3) is 0 Å². The first kappa shape index (κ1) is 22.1. The Bertz CT molecular complexity index is 762. The summed E-state index contributed by atoms with van der Waals surface area (Å²) in [5.74, 6) is 0.375. The van der Waals surface area contributed by atoms with Crippen LogP contribution in [0.15, 0.2) is 10.9 Å². The molecule has 156 valence electrons. The number of amides is 2. The third-order valence-electron chi connectivity index (χ3n) is 5.44. The van der Waals surface area contributed by atoms with E-state index in [0.717, 1.165) is 38.9 Å². The third-order valence-corrected chi connectivity index (χ3v) is 5.44. The molecule has 2 amide bonds. The highest BCUT2D eigenvalue weighted by molar-refractivity contribution is 5.96. The van der Waals surface area contributed by atoms with Gasteiger partial charge in [0.05, 0.1) is 5.56 Å². The number of pyridine rings is 1. The molecular weight excluding hydrogens is 356 g/mol. The summed E-state index contributed by atoms with van der Waals surface area (Å²) in [6.45, 7) is 9.69. The van der Waals surface area contributed by atoms with Gasteiger partial charge in [0.1, 0.15) is 6.54 Å². The van der Waals surface area contributed by atoms with Crippen molar-refractivity contribution < 1.29 is 9.59 Å². The molecular formula is C21H34N4O3. The van der Waals surface area contributed by atoms with E-state index in [0.29, 0.717) is 22.7 Å². The number of hydrogen-bond donors (Lipinski definition) is 2. The fraction of sp³-hybridized carbons (Fsp3) is 0.667. The first-order valence-corrected chi connectivity index (χ1v) is 10.2. The highest BCUT2D eigenvalue weighted by Crippen LogP contribution is 2.23. The van der Waals surface area contributed by atoms with Gasteiger partial charge in [0.2, 0.25) is 5.91 Å². The topological polar surface area (TPSA) is 83.4 Å². The van der Waals surface area contributed by atoms with Crippen molar-refractivity contribution in [2.45, 2.75) is 59.5 Å². The lowest BCUT2D eigenvalue weighted by Crippen LogP contribution is -2.41. The van der Waals surface area contributed by atoms with Crippen LogP contribution in [-0.4, -0.2) is 54.0 Å². The van der Waals surface area contributed by atoms with Crippen LogP contribution in [0.1, 0.15) is 54.7 Å². The molecule has 0 saturated carbocycles. The van der Waals surface area contributed by atoms with Crippen LogP contribution < -0.4 is 16.2 Å². The van der Waals surface area contributed by atoms with E-state index in [4.69, 9.17) is 0 Å². The van der Waals surface area contributed by atoms with Gasteiger partial charge in [-0.1, -0.05) is 0 Å². The van der Waals surface area contributed by atoms with Gasteiger partial charge in [-0.15, -0.1) is 0 Å². The average molecular weight is 391 g/mol. The lowest BCUT2D eigenvalue weighted by atomic mass is 9.93. The molecule has 0 atom stereocenters. The molecule has 2 N–H and O–H groups in total. The van der Waals surface area contributed by atoms with Crippen LogP contribution in [0.3, 0.4) is 0 Å². The van der Waals surface area contributed by atoms with E-state index in [1.54, 1.807) is 13.8 Å². The number of aromatic nitrogens is 1. The minimum absolute atomic E-state index is 0.000683. The summed E-state index contributed by atoms with van der Waals surface area (Å²) in [4.78, 5) is 39.6. The molecule has 1 aromatic heterocycles. The van der Waals surface area contributed by atoms with Crippen molar-refractivity contribution in [2.24, 2.45) is 5.92 Å². The second-order valence-electron chi connectivity index (χ2n) is 8.06. The predicted molar refractivity (Wildman–Crippen MR) is 111 cm³/mol. The number of piperidine rings is 1. The molecule has 1 aromatic rings. The molecule has 0 unspecified atom stereocenters. The zero-order valence-electron chi connectivity index (χ0n) is 17.8. The normalized spacial score (nSPS) is 15.1. The van der Waals surface area contributed by atoms with E-state index >= 15 is 0 Å². The average Bonchev–Trinajstić information content (AvgIpc) is 2.63. The molecule has 1 fully saturated rings. The van der Waals surface area contributed by atoms with E-state index in [2.05, 4.69) is 10.6 Å². The zero-order valence-corrected chi connectivity index (χ0v) is 17.8. The largest absolute Gasteiger partial charge is 0.352 e. The summed E-state index contributed by atoms with van der Waals surface area (Å²) >= 11 is 0. The molecule has 7 nitrogen and oxygen atoms in total. The number of carbonyl (C=O) groups excluding carboxylic acids is 2. The summed E-state index contributed by atoms with van der Waals surface area (Å²) in [5, 5.41) is 5.98. The molecule has 7 heteroatoms. The SMILES string of the molecule is CNCCC1CCN(C(=O)c2c(C)cc(=O)n(CC(=O)NC(C)C)c2C)CC1. The number of nitrogens with one attached hydrogen (secondary N) is 2. The number of likely N-dealkylation sites (tertiary alicyclic amines) is 1. The summed E-state index contributed by atoms with van der Waals surface area (Å²) in [7, 11) is 1.96. The standard InChI is InChI=1S/C21H34N4O3/c1-14(2)23-18(26)13-25-16(4)20(15(3)12-19(25)27)21(28)24-10-7-17(8-11-24)6-9-22-5/h12,14,17,22H,6-11,13H2,1-5H3,(H,23,26). The lowest BCUT2D eigenvalue weighted by Gasteiger charge is -2.33. The fourth-order valence-electron chi connectivity index (χ4n) is 3.88. The van der Waals surface area contributed by atoms with Crippen LogP contribution >= 0.6 is 0 Å². The molecule has 0 radical (unpaired) electrons. The van der Waals surface area contributed by atoms with Crippen molar-refractivity contribution >= 4 is 11.8 Å². The maximum absolute atomic E-state index is 13.2. The predicted octanol–water partition coefficient (Wildman–Crippen LogP) is 1.45. The van der Waals surface area contributed by atoms with E-state index in [1.807, 2.05) is 25.8 Å². The fourth-order valence-corrected chi connectivity index (χ4v) is 3.88. The number of nitrogens with zero attached hydrogens (tertiary/aromatic N) is 2.